The summed E-state index contributed by atoms with van der Waals surface area (Å²) in [6, 6.07) is 28.5. The first-order chi connectivity index (χ1) is 16.6. The minimum absolute atomic E-state index is 0.0532. The Morgan fingerprint density at radius 2 is 1.68 bits per heavy atom. The third kappa shape index (κ3) is 4.62. The first kappa shape index (κ1) is 22.0. The molecule has 0 unspecified atom stereocenters. The SMILES string of the molecule is O=C1C(=Cc2cc(N=Nc3cccc4ccccc34)ccc2O)SC(=S)N1Cc1ccccc1. The van der Waals surface area contributed by atoms with Crippen LogP contribution in [-0.4, -0.2) is 20.2 Å². The van der Waals surface area contributed by atoms with Crippen molar-refractivity contribution in [2.45, 2.75) is 6.54 Å². The monoisotopic (exact) mass is 481 g/mol. The Balaban J connectivity index is 1.40. The number of hydrogen-bond donors (Lipinski definition) is 1. The Bertz CT molecular complexity index is 1460. The summed E-state index contributed by atoms with van der Waals surface area (Å²) in [5.74, 6) is -0.126. The van der Waals surface area contributed by atoms with Crippen molar-refractivity contribution in [3.05, 3.63) is 107 Å². The Hall–Kier alpha value is -3.81. The topological polar surface area (TPSA) is 65.3 Å². The van der Waals surface area contributed by atoms with E-state index in [9.17, 15) is 9.90 Å². The highest BCUT2D eigenvalue weighted by Gasteiger charge is 2.32. The quantitative estimate of drug-likeness (QED) is 0.184. The van der Waals surface area contributed by atoms with Gasteiger partial charge in [0.2, 0.25) is 0 Å². The number of azo groups is 1. The van der Waals surface area contributed by atoms with Crippen molar-refractivity contribution in [2.24, 2.45) is 10.2 Å². The molecule has 0 radical (unpaired) electrons. The Kier molecular flexibility index (Phi) is 6.20. The fraction of sp³-hybridized carbons (Fsp3) is 0.0370. The molecule has 0 atom stereocenters. The lowest BCUT2D eigenvalue weighted by Crippen LogP contribution is -2.27. The number of thiocarbonyl (C=S) groups is 1. The number of hydrogen-bond acceptors (Lipinski definition) is 6. The van der Waals surface area contributed by atoms with Crippen LogP contribution >= 0.6 is 24.0 Å². The number of rotatable bonds is 5. The van der Waals surface area contributed by atoms with E-state index in [1.54, 1.807) is 29.2 Å². The maximum absolute atomic E-state index is 13.0. The van der Waals surface area contributed by atoms with E-state index >= 15 is 0 Å². The summed E-state index contributed by atoms with van der Waals surface area (Å²) >= 11 is 6.66. The number of phenolic OH excluding ortho intramolecular Hbond substituents is 1. The number of amides is 1. The maximum Gasteiger partial charge on any atom is 0.266 e. The number of carbonyl (C=O) groups excluding carboxylic acids is 1. The van der Waals surface area contributed by atoms with Crippen molar-refractivity contribution in [1.29, 1.82) is 0 Å². The Labute approximate surface area is 206 Å². The molecule has 0 aliphatic carbocycles. The molecule has 0 saturated carbocycles. The lowest BCUT2D eigenvalue weighted by molar-refractivity contribution is -0.122. The molecule has 0 aromatic heterocycles. The van der Waals surface area contributed by atoms with Crippen LogP contribution in [0.5, 0.6) is 5.75 Å². The molecule has 1 saturated heterocycles. The van der Waals surface area contributed by atoms with Gasteiger partial charge in [-0.3, -0.25) is 9.69 Å². The fourth-order valence-corrected chi connectivity index (χ4v) is 4.92. The minimum Gasteiger partial charge on any atom is -0.507 e. The summed E-state index contributed by atoms with van der Waals surface area (Å²) < 4.78 is 0.492. The standard InChI is InChI=1S/C27H19N3O2S2/c31-24-14-13-21(28-29-23-12-6-10-19-9-4-5-11-22(19)23)15-20(24)16-25-26(32)30(27(33)34-25)17-18-7-2-1-3-8-18/h1-16,31H,17H2. The van der Waals surface area contributed by atoms with E-state index < -0.39 is 0 Å². The molecule has 1 amide bonds. The van der Waals surface area contributed by atoms with Gasteiger partial charge in [-0.15, -0.1) is 5.11 Å². The van der Waals surface area contributed by atoms with Gasteiger partial charge in [0, 0.05) is 10.9 Å². The first-order valence-electron chi connectivity index (χ1n) is 10.6. The molecule has 4 aromatic carbocycles. The average molecular weight is 482 g/mol. The van der Waals surface area contributed by atoms with E-state index in [0.717, 1.165) is 22.0 Å². The molecule has 0 spiro atoms. The van der Waals surface area contributed by atoms with Crippen LogP contribution in [0, 0.1) is 0 Å². The van der Waals surface area contributed by atoms with Gasteiger partial charge in [0.15, 0.2) is 0 Å². The third-order valence-electron chi connectivity index (χ3n) is 5.39. The molecule has 7 heteroatoms. The molecule has 1 fully saturated rings. The predicted octanol–water partition coefficient (Wildman–Crippen LogP) is 7.36. The van der Waals surface area contributed by atoms with Gasteiger partial charge in [0.05, 0.1) is 22.8 Å². The summed E-state index contributed by atoms with van der Waals surface area (Å²) in [6.07, 6.45) is 1.65. The summed E-state index contributed by atoms with van der Waals surface area (Å²) in [7, 11) is 0. The highest BCUT2D eigenvalue weighted by Crippen LogP contribution is 2.36. The maximum atomic E-state index is 13.0. The summed E-state index contributed by atoms with van der Waals surface area (Å²) in [5.41, 5.74) is 2.81. The number of fused-ring (bicyclic) bond motifs is 1. The smallest absolute Gasteiger partial charge is 0.266 e. The van der Waals surface area contributed by atoms with Gasteiger partial charge in [-0.1, -0.05) is 90.7 Å². The van der Waals surface area contributed by atoms with Gasteiger partial charge in [0.25, 0.3) is 5.91 Å². The molecule has 5 rings (SSSR count). The van der Waals surface area contributed by atoms with Crippen molar-refractivity contribution in [1.82, 2.24) is 4.90 Å². The lowest BCUT2D eigenvalue weighted by Gasteiger charge is -2.14. The summed E-state index contributed by atoms with van der Waals surface area (Å²) in [4.78, 5) is 15.0. The highest BCUT2D eigenvalue weighted by molar-refractivity contribution is 8.26. The number of benzene rings is 4. The zero-order chi connectivity index (χ0) is 23.5. The van der Waals surface area contributed by atoms with Crippen molar-refractivity contribution in [2.75, 3.05) is 0 Å². The molecule has 4 aromatic rings. The van der Waals surface area contributed by atoms with E-state index in [4.69, 9.17) is 12.2 Å². The van der Waals surface area contributed by atoms with Gasteiger partial charge in [-0.2, -0.15) is 5.11 Å². The number of thioether (sulfide) groups is 1. The van der Waals surface area contributed by atoms with Crippen molar-refractivity contribution in [3.8, 4) is 5.75 Å². The van der Waals surface area contributed by atoms with Crippen molar-refractivity contribution in [3.63, 3.8) is 0 Å². The Morgan fingerprint density at radius 3 is 2.53 bits per heavy atom. The number of aromatic hydroxyl groups is 1. The molecule has 1 N–H and O–H groups in total. The van der Waals surface area contributed by atoms with Crippen LogP contribution in [0.2, 0.25) is 0 Å². The Morgan fingerprint density at radius 1 is 0.912 bits per heavy atom. The molecule has 1 aliphatic rings. The zero-order valence-electron chi connectivity index (χ0n) is 18.0. The fourth-order valence-electron chi connectivity index (χ4n) is 3.67. The largest absolute Gasteiger partial charge is 0.507 e. The normalized spacial score (nSPS) is 15.2. The second-order valence-corrected chi connectivity index (χ2v) is 9.37. The third-order valence-corrected chi connectivity index (χ3v) is 6.77. The van der Waals surface area contributed by atoms with Crippen LogP contribution in [0.15, 0.2) is 106 Å². The van der Waals surface area contributed by atoms with Crippen LogP contribution in [0.1, 0.15) is 11.1 Å². The van der Waals surface area contributed by atoms with E-state index in [1.165, 1.54) is 11.8 Å². The molecule has 0 bridgehead atoms. The van der Waals surface area contributed by atoms with Crippen molar-refractivity contribution >= 4 is 62.4 Å². The van der Waals surface area contributed by atoms with Gasteiger partial charge in [-0.05, 0) is 41.3 Å². The van der Waals surface area contributed by atoms with Crippen LogP contribution < -0.4 is 0 Å². The van der Waals surface area contributed by atoms with Gasteiger partial charge < -0.3 is 5.11 Å². The van der Waals surface area contributed by atoms with Gasteiger partial charge in [-0.25, -0.2) is 0 Å². The lowest BCUT2D eigenvalue weighted by atomic mass is 10.1. The summed E-state index contributed by atoms with van der Waals surface area (Å²) in [6.45, 7) is 0.411. The minimum atomic E-state index is -0.180. The molecular formula is C27H19N3O2S2. The second-order valence-electron chi connectivity index (χ2n) is 7.69. The van der Waals surface area contributed by atoms with Gasteiger partial charge >= 0.3 is 0 Å². The van der Waals surface area contributed by atoms with E-state index in [1.807, 2.05) is 72.8 Å². The first-order valence-corrected chi connectivity index (χ1v) is 11.8. The van der Waals surface area contributed by atoms with Crippen LogP contribution in [-0.2, 0) is 11.3 Å². The van der Waals surface area contributed by atoms with Crippen LogP contribution in [0.4, 0.5) is 11.4 Å². The predicted molar refractivity (Wildman–Crippen MR) is 141 cm³/mol. The average Bonchev–Trinajstić information content (AvgIpc) is 3.12. The highest BCUT2D eigenvalue weighted by atomic mass is 32.2. The molecule has 5 nitrogen and oxygen atoms in total. The van der Waals surface area contributed by atoms with E-state index in [0.29, 0.717) is 27.0 Å². The number of carbonyl (C=O) groups is 1. The van der Waals surface area contributed by atoms with E-state index in [-0.39, 0.29) is 11.7 Å². The zero-order valence-corrected chi connectivity index (χ0v) is 19.6. The second kappa shape index (κ2) is 9.59. The molecule has 34 heavy (non-hydrogen) atoms. The van der Waals surface area contributed by atoms with E-state index in [2.05, 4.69) is 10.2 Å². The van der Waals surface area contributed by atoms with Crippen LogP contribution in [0.3, 0.4) is 0 Å². The molecule has 1 aliphatic heterocycles. The molecule has 1 heterocycles. The van der Waals surface area contributed by atoms with Gasteiger partial charge in [0.1, 0.15) is 10.1 Å². The number of phenols is 1. The molecule has 166 valence electrons. The number of nitrogens with zero attached hydrogens (tertiary/aromatic N) is 3. The summed E-state index contributed by atoms with van der Waals surface area (Å²) in [5, 5.41) is 21.3. The van der Waals surface area contributed by atoms with Crippen molar-refractivity contribution < 1.29 is 9.90 Å². The molecular weight excluding hydrogens is 462 g/mol. The van der Waals surface area contributed by atoms with Crippen LogP contribution in [0.25, 0.3) is 16.8 Å².